The van der Waals surface area contributed by atoms with Crippen molar-refractivity contribution in [3.8, 4) is 0 Å². The second kappa shape index (κ2) is 10.9. The van der Waals surface area contributed by atoms with Crippen molar-refractivity contribution < 1.29 is 14.3 Å². The van der Waals surface area contributed by atoms with Crippen molar-refractivity contribution >= 4 is 11.9 Å². The Morgan fingerprint density at radius 1 is 1.07 bits per heavy atom. The molecule has 2 saturated carbocycles. The molecule has 0 bridgehead atoms. The summed E-state index contributed by atoms with van der Waals surface area (Å²) in [4.78, 5) is 16.7. The Morgan fingerprint density at radius 2 is 1.89 bits per heavy atom. The predicted octanol–water partition coefficient (Wildman–Crippen LogP) is 1.57. The van der Waals surface area contributed by atoms with Gasteiger partial charge in [0.05, 0.1) is 6.10 Å². The number of hydrogen-bond donors (Lipinski definition) is 3. The Bertz CT molecular complexity index is 490. The van der Waals surface area contributed by atoms with Gasteiger partial charge in [0.25, 0.3) is 0 Å². The van der Waals surface area contributed by atoms with Crippen molar-refractivity contribution in [2.75, 3.05) is 33.4 Å². The maximum absolute atomic E-state index is 12.3. The zero-order valence-electron chi connectivity index (χ0n) is 16.7. The van der Waals surface area contributed by atoms with Gasteiger partial charge in [-0.3, -0.25) is 9.79 Å². The molecule has 7 heteroatoms. The molecule has 1 aliphatic heterocycles. The van der Waals surface area contributed by atoms with Gasteiger partial charge in [0.1, 0.15) is 0 Å². The Balaban J connectivity index is 1.29. The summed E-state index contributed by atoms with van der Waals surface area (Å²) in [7, 11) is 1.80. The summed E-state index contributed by atoms with van der Waals surface area (Å²) in [5.41, 5.74) is 0. The Kier molecular flexibility index (Phi) is 8.20. The number of carbonyl (C=O) groups excluding carboxylic acids is 1. The minimum absolute atomic E-state index is 0.142. The second-order valence-corrected chi connectivity index (χ2v) is 8.02. The van der Waals surface area contributed by atoms with Crippen LogP contribution in [-0.4, -0.2) is 63.5 Å². The van der Waals surface area contributed by atoms with E-state index in [-0.39, 0.29) is 11.8 Å². The van der Waals surface area contributed by atoms with Crippen molar-refractivity contribution in [2.24, 2.45) is 10.9 Å². The van der Waals surface area contributed by atoms with E-state index in [4.69, 9.17) is 9.47 Å². The minimum Gasteiger partial charge on any atom is -0.381 e. The second-order valence-electron chi connectivity index (χ2n) is 8.02. The summed E-state index contributed by atoms with van der Waals surface area (Å²) in [5, 5.41) is 10.0. The molecule has 3 N–H and O–H groups in total. The average Bonchev–Trinajstić information content (AvgIpc) is 3.52. The molecule has 154 valence electrons. The van der Waals surface area contributed by atoms with Gasteiger partial charge >= 0.3 is 0 Å². The molecule has 0 aromatic rings. The SMILES string of the molecule is CN=C(NCCCOC1CCOCC1)NC1CCCC(C(=O)NC2CC2)C1. The molecule has 3 fully saturated rings. The van der Waals surface area contributed by atoms with Gasteiger partial charge in [-0.05, 0) is 51.4 Å². The molecule has 1 heterocycles. The lowest BCUT2D eigenvalue weighted by Crippen LogP contribution is -2.47. The van der Waals surface area contributed by atoms with E-state index in [1.54, 1.807) is 7.05 Å². The topological polar surface area (TPSA) is 84.0 Å². The molecule has 0 aromatic heterocycles. The third-order valence-corrected chi connectivity index (χ3v) is 5.67. The highest BCUT2D eigenvalue weighted by Gasteiger charge is 2.31. The third kappa shape index (κ3) is 7.30. The summed E-state index contributed by atoms with van der Waals surface area (Å²) in [6.45, 7) is 3.24. The Hall–Kier alpha value is -1.34. The molecule has 1 amide bonds. The average molecular weight is 381 g/mol. The summed E-state index contributed by atoms with van der Waals surface area (Å²) in [6.07, 6.45) is 9.72. The van der Waals surface area contributed by atoms with Crippen LogP contribution in [0.2, 0.25) is 0 Å². The number of nitrogens with zero attached hydrogens (tertiary/aromatic N) is 1. The molecule has 0 aromatic carbocycles. The lowest BCUT2D eigenvalue weighted by molar-refractivity contribution is -0.126. The smallest absolute Gasteiger partial charge is 0.223 e. The van der Waals surface area contributed by atoms with Gasteiger partial charge < -0.3 is 25.4 Å². The maximum atomic E-state index is 12.3. The first-order valence-electron chi connectivity index (χ1n) is 10.7. The van der Waals surface area contributed by atoms with Gasteiger partial charge in [0.15, 0.2) is 5.96 Å². The summed E-state index contributed by atoms with van der Waals surface area (Å²) >= 11 is 0. The number of guanidine groups is 1. The molecule has 2 unspecified atom stereocenters. The van der Waals surface area contributed by atoms with Crippen molar-refractivity contribution in [1.29, 1.82) is 0 Å². The largest absolute Gasteiger partial charge is 0.381 e. The summed E-state index contributed by atoms with van der Waals surface area (Å²) in [5.74, 6) is 1.22. The molecular weight excluding hydrogens is 344 g/mol. The molecule has 2 atom stereocenters. The van der Waals surface area contributed by atoms with Crippen molar-refractivity contribution in [2.45, 2.75) is 76.0 Å². The predicted molar refractivity (Wildman–Crippen MR) is 106 cm³/mol. The molecule has 1 saturated heterocycles. The van der Waals surface area contributed by atoms with E-state index < -0.39 is 0 Å². The number of amides is 1. The molecule has 3 aliphatic rings. The number of carbonyl (C=O) groups is 1. The normalized spacial score (nSPS) is 27.2. The van der Waals surface area contributed by atoms with Crippen LogP contribution in [0.4, 0.5) is 0 Å². The van der Waals surface area contributed by atoms with Gasteiger partial charge in [0.2, 0.25) is 5.91 Å². The lowest BCUT2D eigenvalue weighted by Gasteiger charge is -2.30. The highest BCUT2D eigenvalue weighted by Crippen LogP contribution is 2.26. The van der Waals surface area contributed by atoms with E-state index in [0.717, 1.165) is 90.1 Å². The highest BCUT2D eigenvalue weighted by atomic mass is 16.5. The van der Waals surface area contributed by atoms with Gasteiger partial charge in [0, 0.05) is 51.4 Å². The van der Waals surface area contributed by atoms with Crippen LogP contribution in [0.25, 0.3) is 0 Å². The Labute approximate surface area is 163 Å². The first kappa shape index (κ1) is 20.4. The fraction of sp³-hybridized carbons (Fsp3) is 0.900. The zero-order chi connectivity index (χ0) is 18.9. The van der Waals surface area contributed by atoms with E-state index in [2.05, 4.69) is 20.9 Å². The minimum atomic E-state index is 0.142. The molecule has 27 heavy (non-hydrogen) atoms. The van der Waals surface area contributed by atoms with E-state index in [1.165, 1.54) is 0 Å². The van der Waals surface area contributed by atoms with Crippen LogP contribution in [0.3, 0.4) is 0 Å². The third-order valence-electron chi connectivity index (χ3n) is 5.67. The molecular formula is C20H36N4O3. The zero-order valence-corrected chi connectivity index (χ0v) is 16.7. The Morgan fingerprint density at radius 3 is 2.63 bits per heavy atom. The molecule has 0 spiro atoms. The number of aliphatic imine (C=N–C) groups is 1. The van der Waals surface area contributed by atoms with Crippen molar-refractivity contribution in [3.63, 3.8) is 0 Å². The molecule has 0 radical (unpaired) electrons. The van der Waals surface area contributed by atoms with Crippen LogP contribution >= 0.6 is 0 Å². The van der Waals surface area contributed by atoms with Gasteiger partial charge in [-0.15, -0.1) is 0 Å². The first-order valence-corrected chi connectivity index (χ1v) is 10.7. The standard InChI is InChI=1S/C20H36N4O3/c1-21-20(22-10-3-11-27-18-8-12-26-13-9-18)24-17-5-2-4-15(14-17)19(25)23-16-6-7-16/h15-18H,2-14H2,1H3,(H,23,25)(H2,21,22,24). The number of hydrogen-bond acceptors (Lipinski definition) is 4. The van der Waals surface area contributed by atoms with Crippen LogP contribution in [0, 0.1) is 5.92 Å². The van der Waals surface area contributed by atoms with E-state index in [0.29, 0.717) is 18.2 Å². The molecule has 3 rings (SSSR count). The summed E-state index contributed by atoms with van der Waals surface area (Å²) < 4.78 is 11.2. The van der Waals surface area contributed by atoms with Gasteiger partial charge in [-0.25, -0.2) is 0 Å². The monoisotopic (exact) mass is 380 g/mol. The first-order chi connectivity index (χ1) is 13.2. The van der Waals surface area contributed by atoms with E-state index in [9.17, 15) is 4.79 Å². The van der Waals surface area contributed by atoms with Gasteiger partial charge in [-0.2, -0.15) is 0 Å². The maximum Gasteiger partial charge on any atom is 0.223 e. The van der Waals surface area contributed by atoms with Crippen molar-refractivity contribution in [1.82, 2.24) is 16.0 Å². The quantitative estimate of drug-likeness (QED) is 0.338. The fourth-order valence-corrected chi connectivity index (χ4v) is 3.87. The molecule has 2 aliphatic carbocycles. The number of rotatable bonds is 8. The van der Waals surface area contributed by atoms with Gasteiger partial charge in [-0.1, -0.05) is 6.42 Å². The van der Waals surface area contributed by atoms with Crippen LogP contribution in [0.1, 0.15) is 57.8 Å². The molecule has 7 nitrogen and oxygen atoms in total. The lowest BCUT2D eigenvalue weighted by atomic mass is 9.85. The fourth-order valence-electron chi connectivity index (χ4n) is 3.87. The van der Waals surface area contributed by atoms with Crippen LogP contribution in [0.5, 0.6) is 0 Å². The van der Waals surface area contributed by atoms with E-state index >= 15 is 0 Å². The van der Waals surface area contributed by atoms with Crippen molar-refractivity contribution in [3.05, 3.63) is 0 Å². The van der Waals surface area contributed by atoms with Crippen LogP contribution in [-0.2, 0) is 14.3 Å². The summed E-state index contributed by atoms with van der Waals surface area (Å²) in [6, 6.07) is 0.766. The number of nitrogens with one attached hydrogen (secondary N) is 3. The number of ether oxygens (including phenoxy) is 2. The van der Waals surface area contributed by atoms with Crippen LogP contribution < -0.4 is 16.0 Å². The highest BCUT2D eigenvalue weighted by molar-refractivity contribution is 5.81. The van der Waals surface area contributed by atoms with Crippen LogP contribution in [0.15, 0.2) is 4.99 Å². The van der Waals surface area contributed by atoms with E-state index in [1.807, 2.05) is 0 Å².